The van der Waals surface area contributed by atoms with Gasteiger partial charge in [0.25, 0.3) is 5.56 Å². The van der Waals surface area contributed by atoms with Crippen LogP contribution in [0.5, 0.6) is 0 Å². The largest absolute Gasteiger partial charge is 0.325 e. The highest BCUT2D eigenvalue weighted by Crippen LogP contribution is 2.27. The average molecular weight is 425 g/mol. The Balaban J connectivity index is 1.88. The van der Waals surface area contributed by atoms with Gasteiger partial charge < -0.3 is 5.32 Å². The molecule has 0 radical (unpaired) electrons. The minimum absolute atomic E-state index is 0.123. The van der Waals surface area contributed by atoms with Gasteiger partial charge in [0.2, 0.25) is 5.91 Å². The highest BCUT2D eigenvalue weighted by Gasteiger charge is 2.20. The van der Waals surface area contributed by atoms with E-state index in [1.807, 2.05) is 19.1 Å². The van der Waals surface area contributed by atoms with Crippen molar-refractivity contribution in [3.63, 3.8) is 0 Å². The number of aryl methyl sites for hydroxylation is 1. The maximum Gasteiger partial charge on any atom is 0.263 e. The Morgan fingerprint density at radius 1 is 1.48 bits per heavy atom. The molecule has 3 aromatic rings. The van der Waals surface area contributed by atoms with Gasteiger partial charge in [0.05, 0.1) is 22.3 Å². The molecule has 0 aliphatic heterocycles. The Morgan fingerprint density at radius 3 is 2.97 bits per heavy atom. The Labute approximate surface area is 176 Å². The number of nitriles is 1. The minimum atomic E-state index is -0.494. The third-order valence-electron chi connectivity index (χ3n) is 4.24. The summed E-state index contributed by atoms with van der Waals surface area (Å²) in [6.07, 6.45) is 2.48. The van der Waals surface area contributed by atoms with Gasteiger partial charge in [0, 0.05) is 17.1 Å². The number of nitrogens with one attached hydrogen (secondary N) is 1. The predicted molar refractivity (Wildman–Crippen MR) is 119 cm³/mol. The molecule has 1 atom stereocenters. The van der Waals surface area contributed by atoms with Gasteiger partial charge >= 0.3 is 0 Å². The maximum atomic E-state index is 12.9. The van der Waals surface area contributed by atoms with Crippen LogP contribution in [0.2, 0.25) is 0 Å². The van der Waals surface area contributed by atoms with E-state index < -0.39 is 5.25 Å². The number of thioether (sulfide) groups is 1. The number of hydrogen-bond acceptors (Lipinski definition) is 6. The van der Waals surface area contributed by atoms with Crippen LogP contribution in [0.3, 0.4) is 0 Å². The SMILES string of the molecule is C=CCn1c(S[C@H](C)C(=O)Nc2cccc(C#N)c2)nc2sc(CC)cc2c1=O. The number of rotatable bonds is 7. The molecule has 0 aliphatic carbocycles. The van der Waals surface area contributed by atoms with Gasteiger partial charge in [-0.25, -0.2) is 4.98 Å². The van der Waals surface area contributed by atoms with Crippen LogP contribution in [0.15, 0.2) is 52.9 Å². The summed E-state index contributed by atoms with van der Waals surface area (Å²) in [4.78, 5) is 32.0. The zero-order chi connectivity index (χ0) is 21.0. The van der Waals surface area contributed by atoms with E-state index in [0.29, 0.717) is 33.2 Å². The second kappa shape index (κ2) is 9.07. The molecule has 29 heavy (non-hydrogen) atoms. The molecule has 2 aromatic heterocycles. The molecule has 0 saturated carbocycles. The normalized spacial score (nSPS) is 11.8. The summed E-state index contributed by atoms with van der Waals surface area (Å²) in [5.74, 6) is -0.231. The number of allylic oxidation sites excluding steroid dienone is 1. The van der Waals surface area contributed by atoms with E-state index in [9.17, 15) is 9.59 Å². The quantitative estimate of drug-likeness (QED) is 0.349. The van der Waals surface area contributed by atoms with E-state index >= 15 is 0 Å². The van der Waals surface area contributed by atoms with Gasteiger partial charge in [-0.2, -0.15) is 5.26 Å². The number of thiophene rings is 1. The molecule has 2 heterocycles. The number of hydrogen-bond donors (Lipinski definition) is 1. The van der Waals surface area contributed by atoms with Crippen molar-refractivity contribution in [3.05, 3.63) is 63.8 Å². The van der Waals surface area contributed by atoms with Crippen LogP contribution < -0.4 is 10.9 Å². The zero-order valence-electron chi connectivity index (χ0n) is 16.1. The molecule has 3 rings (SSSR count). The lowest BCUT2D eigenvalue weighted by atomic mass is 10.2. The molecule has 1 amide bonds. The van der Waals surface area contributed by atoms with Crippen LogP contribution in [0.1, 0.15) is 24.3 Å². The monoisotopic (exact) mass is 424 g/mol. The third kappa shape index (κ3) is 4.58. The number of aromatic nitrogens is 2. The van der Waals surface area contributed by atoms with Crippen LogP contribution in [0, 0.1) is 11.3 Å². The first-order chi connectivity index (χ1) is 14.0. The van der Waals surface area contributed by atoms with Crippen LogP contribution in [-0.2, 0) is 17.8 Å². The minimum Gasteiger partial charge on any atom is -0.325 e. The second-order valence-corrected chi connectivity index (χ2v) is 8.75. The number of carbonyl (C=O) groups is 1. The molecule has 6 nitrogen and oxygen atoms in total. The third-order valence-corrected chi connectivity index (χ3v) is 6.50. The number of carbonyl (C=O) groups excluding carboxylic acids is 1. The fourth-order valence-corrected chi connectivity index (χ4v) is 4.65. The lowest BCUT2D eigenvalue weighted by molar-refractivity contribution is -0.115. The Kier molecular flexibility index (Phi) is 6.52. The number of benzene rings is 1. The Hall–Kier alpha value is -2.89. The first-order valence-electron chi connectivity index (χ1n) is 9.08. The molecule has 1 aromatic carbocycles. The smallest absolute Gasteiger partial charge is 0.263 e. The summed E-state index contributed by atoms with van der Waals surface area (Å²) in [6.45, 7) is 7.84. The number of anilines is 1. The zero-order valence-corrected chi connectivity index (χ0v) is 17.8. The molecule has 0 unspecified atom stereocenters. The first kappa shape index (κ1) is 20.8. The fourth-order valence-electron chi connectivity index (χ4n) is 2.72. The van der Waals surface area contributed by atoms with Gasteiger partial charge in [-0.1, -0.05) is 30.8 Å². The molecule has 0 saturated heterocycles. The van der Waals surface area contributed by atoms with E-state index in [1.54, 1.807) is 41.8 Å². The van der Waals surface area contributed by atoms with E-state index in [1.165, 1.54) is 23.1 Å². The van der Waals surface area contributed by atoms with Crippen molar-refractivity contribution in [2.24, 2.45) is 0 Å². The van der Waals surface area contributed by atoms with Crippen molar-refractivity contribution in [2.75, 3.05) is 5.32 Å². The summed E-state index contributed by atoms with van der Waals surface area (Å²) in [6, 6.07) is 10.7. The van der Waals surface area contributed by atoms with Gasteiger partial charge in [-0.05, 0) is 37.6 Å². The van der Waals surface area contributed by atoms with Crippen LogP contribution in [-0.4, -0.2) is 20.7 Å². The van der Waals surface area contributed by atoms with Crippen molar-refractivity contribution in [1.82, 2.24) is 9.55 Å². The van der Waals surface area contributed by atoms with Gasteiger partial charge in [-0.3, -0.25) is 14.2 Å². The summed E-state index contributed by atoms with van der Waals surface area (Å²) in [5, 5.41) is 12.4. The fraction of sp³-hybridized carbons (Fsp3) is 0.238. The van der Waals surface area contributed by atoms with Crippen molar-refractivity contribution in [1.29, 1.82) is 5.26 Å². The van der Waals surface area contributed by atoms with E-state index in [4.69, 9.17) is 5.26 Å². The van der Waals surface area contributed by atoms with Crippen LogP contribution in [0.25, 0.3) is 10.2 Å². The molecular weight excluding hydrogens is 404 g/mol. The molecule has 0 aliphatic rings. The molecule has 0 fully saturated rings. The highest BCUT2D eigenvalue weighted by molar-refractivity contribution is 8.00. The summed E-state index contributed by atoms with van der Waals surface area (Å²) in [7, 11) is 0. The molecular formula is C21H20N4O2S2. The lowest BCUT2D eigenvalue weighted by Gasteiger charge is -2.15. The van der Waals surface area contributed by atoms with E-state index in [0.717, 1.165) is 11.3 Å². The average Bonchev–Trinajstić information content (AvgIpc) is 3.14. The topological polar surface area (TPSA) is 87.8 Å². The lowest BCUT2D eigenvalue weighted by Crippen LogP contribution is -2.26. The Bertz CT molecular complexity index is 1170. The van der Waals surface area contributed by atoms with E-state index in [-0.39, 0.29) is 11.5 Å². The summed E-state index contributed by atoms with van der Waals surface area (Å²) < 4.78 is 1.55. The summed E-state index contributed by atoms with van der Waals surface area (Å²) in [5.41, 5.74) is 0.904. The van der Waals surface area contributed by atoms with Crippen LogP contribution >= 0.6 is 23.1 Å². The summed E-state index contributed by atoms with van der Waals surface area (Å²) >= 11 is 2.73. The molecule has 0 bridgehead atoms. The Morgan fingerprint density at radius 2 is 2.28 bits per heavy atom. The van der Waals surface area contributed by atoms with Crippen molar-refractivity contribution < 1.29 is 4.79 Å². The molecule has 8 heteroatoms. The molecule has 0 spiro atoms. The van der Waals surface area contributed by atoms with Crippen molar-refractivity contribution >= 4 is 44.9 Å². The van der Waals surface area contributed by atoms with Gasteiger partial charge in [0.1, 0.15) is 4.83 Å². The van der Waals surface area contributed by atoms with Crippen molar-refractivity contribution in [2.45, 2.75) is 37.2 Å². The predicted octanol–water partition coefficient (Wildman–Crippen LogP) is 4.20. The first-order valence-corrected chi connectivity index (χ1v) is 10.8. The second-order valence-electron chi connectivity index (χ2n) is 6.33. The number of fused-ring (bicyclic) bond motifs is 1. The van der Waals surface area contributed by atoms with E-state index in [2.05, 4.69) is 16.9 Å². The van der Waals surface area contributed by atoms with Crippen molar-refractivity contribution in [3.8, 4) is 6.07 Å². The maximum absolute atomic E-state index is 12.9. The molecule has 148 valence electrons. The standard InChI is InChI=1S/C21H20N4O2S2/c1-4-9-25-20(27)17-11-16(5-2)29-19(17)24-21(25)28-13(3)18(26)23-15-8-6-7-14(10-15)12-22/h4,6-8,10-11,13H,1,5,9H2,2-3H3,(H,23,26)/t13-/m1/s1. The van der Waals surface area contributed by atoms with Gasteiger partial charge in [-0.15, -0.1) is 17.9 Å². The highest BCUT2D eigenvalue weighted by atomic mass is 32.2. The number of nitrogens with zero attached hydrogens (tertiary/aromatic N) is 3. The molecule has 1 N–H and O–H groups in total. The number of amides is 1. The van der Waals surface area contributed by atoms with Crippen LogP contribution in [0.4, 0.5) is 5.69 Å². The van der Waals surface area contributed by atoms with Gasteiger partial charge in [0.15, 0.2) is 5.16 Å².